The number of pyridine rings is 1. The number of carbonyl (C=O) groups is 1. The van der Waals surface area contributed by atoms with Crippen LogP contribution in [0.4, 0.5) is 0 Å². The Bertz CT molecular complexity index is 965. The largest absolute Gasteiger partial charge is 0.487 e. The standard InChI is InChI=1S/C28H32N2O2/c1-21(23-10-6-3-7-11-23)18-28(31)30-25-14-12-24(13-15-25)27-17-16-26(19-29-27)32-20-22-8-4-2-5-9-22/h2-11,16-17,19,21,24-25H,12-15,18,20H2,1H3,(H,30,31). The Balaban J connectivity index is 1.21. The summed E-state index contributed by atoms with van der Waals surface area (Å²) in [6.45, 7) is 2.67. The van der Waals surface area contributed by atoms with Crippen molar-refractivity contribution in [1.82, 2.24) is 10.3 Å². The van der Waals surface area contributed by atoms with Gasteiger partial charge in [-0.3, -0.25) is 9.78 Å². The minimum atomic E-state index is 0.155. The topological polar surface area (TPSA) is 51.2 Å². The first kappa shape index (κ1) is 22.1. The predicted molar refractivity (Wildman–Crippen MR) is 128 cm³/mol. The van der Waals surface area contributed by atoms with E-state index in [1.807, 2.05) is 48.7 Å². The van der Waals surface area contributed by atoms with E-state index < -0.39 is 0 Å². The Labute approximate surface area is 191 Å². The van der Waals surface area contributed by atoms with Crippen LogP contribution in [0.1, 0.15) is 67.7 Å². The van der Waals surface area contributed by atoms with Crippen molar-refractivity contribution in [3.05, 3.63) is 95.8 Å². The average molecular weight is 429 g/mol. The number of hydrogen-bond donors (Lipinski definition) is 1. The Hall–Kier alpha value is -3.14. The summed E-state index contributed by atoms with van der Waals surface area (Å²) in [5.41, 5.74) is 3.49. The molecule has 166 valence electrons. The van der Waals surface area contributed by atoms with E-state index in [1.165, 1.54) is 5.56 Å². The first-order valence-electron chi connectivity index (χ1n) is 11.6. The average Bonchev–Trinajstić information content (AvgIpc) is 2.85. The summed E-state index contributed by atoms with van der Waals surface area (Å²) in [5, 5.41) is 3.25. The number of nitrogens with zero attached hydrogens (tertiary/aromatic N) is 1. The number of rotatable bonds is 8. The van der Waals surface area contributed by atoms with Crippen molar-refractivity contribution < 1.29 is 9.53 Å². The summed E-state index contributed by atoms with van der Waals surface area (Å²) in [7, 11) is 0. The van der Waals surface area contributed by atoms with E-state index in [0.29, 0.717) is 18.9 Å². The van der Waals surface area contributed by atoms with Crippen LogP contribution in [-0.2, 0) is 11.4 Å². The van der Waals surface area contributed by atoms with Gasteiger partial charge in [-0.1, -0.05) is 67.6 Å². The highest BCUT2D eigenvalue weighted by molar-refractivity contribution is 5.77. The van der Waals surface area contributed by atoms with Crippen molar-refractivity contribution in [3.8, 4) is 5.75 Å². The normalized spacial score (nSPS) is 19.2. The van der Waals surface area contributed by atoms with E-state index in [4.69, 9.17) is 4.74 Å². The fourth-order valence-electron chi connectivity index (χ4n) is 4.46. The highest BCUT2D eigenvalue weighted by atomic mass is 16.5. The van der Waals surface area contributed by atoms with Crippen molar-refractivity contribution in [1.29, 1.82) is 0 Å². The lowest BCUT2D eigenvalue weighted by Gasteiger charge is -2.29. The zero-order valence-corrected chi connectivity index (χ0v) is 18.7. The van der Waals surface area contributed by atoms with E-state index in [9.17, 15) is 4.79 Å². The SMILES string of the molecule is CC(CC(=O)NC1CCC(c2ccc(OCc3ccccc3)cn2)CC1)c1ccccc1. The molecule has 1 amide bonds. The summed E-state index contributed by atoms with van der Waals surface area (Å²) in [4.78, 5) is 17.2. The summed E-state index contributed by atoms with van der Waals surface area (Å²) in [5.74, 6) is 1.64. The fraction of sp³-hybridized carbons (Fsp3) is 0.357. The fourth-order valence-corrected chi connectivity index (χ4v) is 4.46. The van der Waals surface area contributed by atoms with Gasteiger partial charge in [0.15, 0.2) is 0 Å². The highest BCUT2D eigenvalue weighted by Gasteiger charge is 2.24. The van der Waals surface area contributed by atoms with Crippen LogP contribution in [0.25, 0.3) is 0 Å². The lowest BCUT2D eigenvalue weighted by atomic mass is 9.83. The molecule has 1 fully saturated rings. The van der Waals surface area contributed by atoms with Gasteiger partial charge in [0.25, 0.3) is 0 Å². The highest BCUT2D eigenvalue weighted by Crippen LogP contribution is 2.32. The molecule has 1 aliphatic carbocycles. The van der Waals surface area contributed by atoms with E-state index in [0.717, 1.165) is 42.7 Å². The van der Waals surface area contributed by atoms with Crippen LogP contribution >= 0.6 is 0 Å². The van der Waals surface area contributed by atoms with Crippen molar-refractivity contribution in [2.75, 3.05) is 0 Å². The van der Waals surface area contributed by atoms with Crippen molar-refractivity contribution in [3.63, 3.8) is 0 Å². The number of ether oxygens (including phenoxy) is 1. The smallest absolute Gasteiger partial charge is 0.220 e. The van der Waals surface area contributed by atoms with E-state index in [-0.39, 0.29) is 17.9 Å². The molecule has 4 nitrogen and oxygen atoms in total. The van der Waals surface area contributed by atoms with Crippen LogP contribution in [0.3, 0.4) is 0 Å². The number of benzene rings is 2. The molecule has 32 heavy (non-hydrogen) atoms. The molecule has 1 N–H and O–H groups in total. The maximum atomic E-state index is 12.5. The van der Waals surface area contributed by atoms with Crippen molar-refractivity contribution in [2.45, 2.75) is 63.5 Å². The molecule has 0 spiro atoms. The third-order valence-corrected chi connectivity index (χ3v) is 6.38. The lowest BCUT2D eigenvalue weighted by Crippen LogP contribution is -2.37. The van der Waals surface area contributed by atoms with Gasteiger partial charge < -0.3 is 10.1 Å². The molecule has 2 aromatic carbocycles. The minimum absolute atomic E-state index is 0.155. The summed E-state index contributed by atoms with van der Waals surface area (Å²) in [6, 6.07) is 24.8. The lowest BCUT2D eigenvalue weighted by molar-refractivity contribution is -0.122. The number of nitrogens with one attached hydrogen (secondary N) is 1. The molecule has 1 atom stereocenters. The Kier molecular flexibility index (Phi) is 7.55. The van der Waals surface area contributed by atoms with Gasteiger partial charge in [-0.15, -0.1) is 0 Å². The van der Waals surface area contributed by atoms with Gasteiger partial charge in [-0.2, -0.15) is 0 Å². The minimum Gasteiger partial charge on any atom is -0.487 e. The molecule has 1 saturated carbocycles. The molecule has 0 radical (unpaired) electrons. The van der Waals surface area contributed by atoms with Crippen LogP contribution in [-0.4, -0.2) is 16.9 Å². The first-order chi connectivity index (χ1) is 15.7. The van der Waals surface area contributed by atoms with Crippen molar-refractivity contribution >= 4 is 5.91 Å². The quantitative estimate of drug-likeness (QED) is 0.479. The van der Waals surface area contributed by atoms with Gasteiger partial charge in [0.1, 0.15) is 12.4 Å². The Morgan fingerprint density at radius 3 is 2.31 bits per heavy atom. The molecule has 1 aromatic heterocycles. The third-order valence-electron chi connectivity index (χ3n) is 6.38. The zero-order chi connectivity index (χ0) is 22.2. The molecule has 3 aromatic rings. The van der Waals surface area contributed by atoms with Gasteiger partial charge in [0, 0.05) is 24.1 Å². The Morgan fingerprint density at radius 1 is 0.969 bits per heavy atom. The molecule has 4 heteroatoms. The summed E-state index contributed by atoms with van der Waals surface area (Å²) >= 11 is 0. The molecular formula is C28H32N2O2. The van der Waals surface area contributed by atoms with Crippen molar-refractivity contribution in [2.24, 2.45) is 0 Å². The van der Waals surface area contributed by atoms with Crippen LogP contribution in [0.15, 0.2) is 79.0 Å². The molecule has 1 aliphatic rings. The van der Waals surface area contributed by atoms with Gasteiger partial charge in [0.05, 0.1) is 6.20 Å². The maximum Gasteiger partial charge on any atom is 0.220 e. The van der Waals surface area contributed by atoms with Gasteiger partial charge in [0.2, 0.25) is 5.91 Å². The Morgan fingerprint density at radius 2 is 1.66 bits per heavy atom. The molecule has 0 aliphatic heterocycles. The molecule has 1 heterocycles. The summed E-state index contributed by atoms with van der Waals surface area (Å²) < 4.78 is 5.85. The maximum absolute atomic E-state index is 12.5. The molecule has 4 rings (SSSR count). The molecule has 0 bridgehead atoms. The zero-order valence-electron chi connectivity index (χ0n) is 18.7. The van der Waals surface area contributed by atoms with E-state index in [1.54, 1.807) is 0 Å². The number of amides is 1. The van der Waals surface area contributed by atoms with E-state index >= 15 is 0 Å². The second-order valence-electron chi connectivity index (χ2n) is 8.82. The second-order valence-corrected chi connectivity index (χ2v) is 8.82. The van der Waals surface area contributed by atoms with E-state index in [2.05, 4.69) is 47.6 Å². The first-order valence-corrected chi connectivity index (χ1v) is 11.6. The molecule has 0 saturated heterocycles. The number of aromatic nitrogens is 1. The molecular weight excluding hydrogens is 396 g/mol. The van der Waals surface area contributed by atoms with Gasteiger partial charge in [-0.05, 0) is 54.9 Å². The van der Waals surface area contributed by atoms with Crippen LogP contribution in [0.2, 0.25) is 0 Å². The number of carbonyl (C=O) groups excluding carboxylic acids is 1. The summed E-state index contributed by atoms with van der Waals surface area (Å²) in [6.07, 6.45) is 6.48. The second kappa shape index (κ2) is 10.9. The predicted octanol–water partition coefficient (Wildman–Crippen LogP) is 6.00. The van der Waals surface area contributed by atoms with Crippen LogP contribution in [0, 0.1) is 0 Å². The monoisotopic (exact) mass is 428 g/mol. The molecule has 1 unspecified atom stereocenters. The third kappa shape index (κ3) is 6.19. The van der Waals surface area contributed by atoms with Gasteiger partial charge >= 0.3 is 0 Å². The van der Waals surface area contributed by atoms with Gasteiger partial charge in [-0.25, -0.2) is 0 Å². The van der Waals surface area contributed by atoms with Crippen LogP contribution < -0.4 is 10.1 Å². The number of hydrogen-bond acceptors (Lipinski definition) is 3. The van der Waals surface area contributed by atoms with Crippen LogP contribution in [0.5, 0.6) is 5.75 Å².